The maximum Gasteiger partial charge on any atom is 0.177 e. The van der Waals surface area contributed by atoms with Gasteiger partial charge in [-0.2, -0.15) is 0 Å². The SMILES string of the molecule is Cc1cc(C)c(P(=N[Si](C)(C)C)=C([Si](C)(C)C)[Si](C)(C)C)c(C)c1. The lowest BCUT2D eigenvalue weighted by atomic mass is 10.1. The number of benzene rings is 1. The number of hydrogen-bond donors (Lipinski definition) is 0. The number of rotatable bonds is 4. The number of hydrogen-bond acceptors (Lipinski definition) is 1. The van der Waals surface area contributed by atoms with Crippen LogP contribution in [0.3, 0.4) is 0 Å². The highest BCUT2D eigenvalue weighted by molar-refractivity contribution is 7.73. The lowest BCUT2D eigenvalue weighted by molar-refractivity contribution is 1.36. The summed E-state index contributed by atoms with van der Waals surface area (Å²) in [5.41, 5.74) is 4.28. The van der Waals surface area contributed by atoms with Crippen molar-refractivity contribution in [2.24, 2.45) is 4.41 Å². The van der Waals surface area contributed by atoms with Gasteiger partial charge in [-0.25, -0.2) is 0 Å². The maximum absolute atomic E-state index is 5.60. The molecule has 0 saturated heterocycles. The Bertz CT molecular complexity index is 669. The van der Waals surface area contributed by atoms with Crippen LogP contribution in [0.2, 0.25) is 58.9 Å². The molecule has 136 valence electrons. The molecule has 0 heterocycles. The highest BCUT2D eigenvalue weighted by Crippen LogP contribution is 2.32. The highest BCUT2D eigenvalue weighted by Gasteiger charge is 2.34. The molecule has 0 aliphatic rings. The number of aryl methyl sites for hydroxylation is 3. The van der Waals surface area contributed by atoms with E-state index in [0.717, 1.165) is 0 Å². The molecule has 0 aromatic heterocycles. The van der Waals surface area contributed by atoms with Gasteiger partial charge in [0.05, 0.1) is 16.1 Å². The lowest BCUT2D eigenvalue weighted by Crippen LogP contribution is -2.49. The molecule has 24 heavy (non-hydrogen) atoms. The first-order valence-electron chi connectivity index (χ1n) is 9.03. The van der Waals surface area contributed by atoms with Crippen molar-refractivity contribution in [1.82, 2.24) is 0 Å². The third-order valence-electron chi connectivity index (χ3n) is 3.88. The molecule has 1 aromatic rings. The summed E-state index contributed by atoms with van der Waals surface area (Å²) in [6.07, 6.45) is 0. The van der Waals surface area contributed by atoms with E-state index in [1.54, 1.807) is 5.30 Å². The van der Waals surface area contributed by atoms with E-state index in [1.807, 2.05) is 4.54 Å². The van der Waals surface area contributed by atoms with E-state index in [1.165, 1.54) is 16.7 Å². The zero-order valence-corrected chi connectivity index (χ0v) is 21.9. The smallest absolute Gasteiger partial charge is 0.177 e. The average molecular weight is 396 g/mol. The predicted octanol–water partition coefficient (Wildman–Crippen LogP) is 6.66. The van der Waals surface area contributed by atoms with Crippen LogP contribution in [0.5, 0.6) is 0 Å². The Kier molecular flexibility index (Phi) is 6.58. The van der Waals surface area contributed by atoms with Crippen molar-refractivity contribution in [3.8, 4) is 0 Å². The van der Waals surface area contributed by atoms with Gasteiger partial charge in [-0.15, -0.1) is 0 Å². The van der Waals surface area contributed by atoms with Crippen LogP contribution in [0.1, 0.15) is 16.7 Å². The molecule has 1 rings (SSSR count). The van der Waals surface area contributed by atoms with E-state index in [4.69, 9.17) is 4.41 Å². The second-order valence-electron chi connectivity index (χ2n) is 10.2. The van der Waals surface area contributed by atoms with Gasteiger partial charge in [0.25, 0.3) is 0 Å². The Morgan fingerprint density at radius 3 is 1.42 bits per heavy atom. The van der Waals surface area contributed by atoms with Crippen LogP contribution in [0.15, 0.2) is 16.5 Å². The Morgan fingerprint density at radius 1 is 0.750 bits per heavy atom. The molecule has 0 spiro atoms. The van der Waals surface area contributed by atoms with Gasteiger partial charge in [-0.3, -0.25) is 0 Å². The minimum atomic E-state index is -1.51. The summed E-state index contributed by atoms with van der Waals surface area (Å²) in [7, 11) is -4.80. The molecule has 0 aliphatic heterocycles. The lowest BCUT2D eigenvalue weighted by Gasteiger charge is -2.33. The summed E-state index contributed by atoms with van der Waals surface area (Å²) >= 11 is 0. The Morgan fingerprint density at radius 2 is 1.12 bits per heavy atom. The van der Waals surface area contributed by atoms with E-state index >= 15 is 0 Å². The topological polar surface area (TPSA) is 12.4 Å². The van der Waals surface area contributed by atoms with Gasteiger partial charge < -0.3 is 4.41 Å². The molecular weight excluding hydrogens is 357 g/mol. The van der Waals surface area contributed by atoms with E-state index in [-0.39, 0.29) is 0 Å². The molecule has 1 nitrogen and oxygen atoms in total. The summed E-state index contributed by atoms with van der Waals surface area (Å²) < 4.78 is 7.49. The molecule has 1 unspecified atom stereocenters. The summed E-state index contributed by atoms with van der Waals surface area (Å²) in [6.45, 7) is 29.2. The second-order valence-corrected chi connectivity index (χ2v) is 28.2. The fourth-order valence-corrected chi connectivity index (χ4v) is 23.7. The standard InChI is InChI=1S/C19H38NPSi3/c1-15-13-16(2)18(17(3)14-15)21(20-24(10,11)12)19(22(4,5)6)23(7,8)9/h13-14H,1-12H3. The molecule has 0 aliphatic carbocycles. The zero-order valence-electron chi connectivity index (χ0n) is 18.0. The summed E-state index contributed by atoms with van der Waals surface area (Å²) in [6, 6.07) is 4.73. The molecule has 0 radical (unpaired) electrons. The van der Waals surface area contributed by atoms with E-state index < -0.39 is 31.7 Å². The third-order valence-corrected chi connectivity index (χ3v) is 21.3. The Labute approximate surface area is 154 Å². The van der Waals surface area contributed by atoms with Gasteiger partial charge in [-0.1, -0.05) is 61.5 Å². The first-order chi connectivity index (χ1) is 10.5. The average Bonchev–Trinajstić information content (AvgIpc) is 2.19. The molecule has 0 saturated carbocycles. The molecule has 5 heteroatoms. The molecule has 0 fully saturated rings. The van der Waals surface area contributed by atoms with E-state index in [2.05, 4.69) is 91.8 Å². The first kappa shape index (κ1) is 21.9. The minimum Gasteiger partial charge on any atom is -0.307 e. The first-order valence-corrected chi connectivity index (χ1v) is 20.8. The van der Waals surface area contributed by atoms with Crippen molar-refractivity contribution >= 4 is 41.6 Å². The summed E-state index contributed by atoms with van der Waals surface area (Å²) in [4.78, 5) is 0. The van der Waals surface area contributed by atoms with Crippen molar-refractivity contribution in [2.75, 3.05) is 0 Å². The van der Waals surface area contributed by atoms with Gasteiger partial charge in [0.15, 0.2) is 8.24 Å². The largest absolute Gasteiger partial charge is 0.307 e. The highest BCUT2D eigenvalue weighted by atomic mass is 31.1. The normalized spacial score (nSPS) is 14.1. The van der Waals surface area contributed by atoms with Crippen LogP contribution < -0.4 is 5.30 Å². The summed E-state index contributed by atoms with van der Waals surface area (Å²) in [5.74, 6) is 0. The molecule has 0 bridgehead atoms. The summed E-state index contributed by atoms with van der Waals surface area (Å²) in [5, 5.41) is 1.57. The van der Waals surface area contributed by atoms with Gasteiger partial charge in [0, 0.05) is 5.30 Å². The third kappa shape index (κ3) is 5.69. The van der Waals surface area contributed by atoms with Crippen molar-refractivity contribution in [1.29, 1.82) is 0 Å². The fourth-order valence-electron chi connectivity index (χ4n) is 3.78. The van der Waals surface area contributed by atoms with Crippen molar-refractivity contribution < 1.29 is 0 Å². The fraction of sp³-hybridized carbons (Fsp3) is 0.632. The van der Waals surface area contributed by atoms with Gasteiger partial charge in [0.1, 0.15) is 0 Å². The van der Waals surface area contributed by atoms with Crippen molar-refractivity contribution in [2.45, 2.75) is 79.7 Å². The second kappa shape index (κ2) is 7.22. The molecule has 1 atom stereocenters. The zero-order chi connectivity index (χ0) is 19.1. The van der Waals surface area contributed by atoms with Crippen molar-refractivity contribution in [3.05, 3.63) is 28.8 Å². The monoisotopic (exact) mass is 395 g/mol. The molecule has 0 amide bonds. The number of nitrogens with zero attached hydrogens (tertiary/aromatic N) is 1. The molecular formula is C19H38NPSi3. The van der Waals surface area contributed by atoms with Crippen molar-refractivity contribution in [3.63, 3.8) is 0 Å². The minimum absolute atomic E-state index is 0.511. The van der Waals surface area contributed by atoms with Gasteiger partial charge in [-0.05, 0) is 58.9 Å². The molecule has 1 aromatic carbocycles. The quantitative estimate of drug-likeness (QED) is 0.399. The predicted molar refractivity (Wildman–Crippen MR) is 125 cm³/mol. The van der Waals surface area contributed by atoms with Gasteiger partial charge in [0.2, 0.25) is 0 Å². The Hall–Kier alpha value is -0.159. The van der Waals surface area contributed by atoms with E-state index in [9.17, 15) is 0 Å². The maximum atomic E-state index is 5.60. The van der Waals surface area contributed by atoms with Gasteiger partial charge >= 0.3 is 0 Å². The van der Waals surface area contributed by atoms with Crippen LogP contribution in [0.4, 0.5) is 0 Å². The van der Waals surface area contributed by atoms with Crippen LogP contribution in [0.25, 0.3) is 0 Å². The van der Waals surface area contributed by atoms with Crippen LogP contribution in [0, 0.1) is 20.8 Å². The van der Waals surface area contributed by atoms with Crippen LogP contribution in [-0.2, 0) is 0 Å². The van der Waals surface area contributed by atoms with Crippen LogP contribution in [-0.4, -0.2) is 28.9 Å². The van der Waals surface area contributed by atoms with E-state index in [0.29, 0.717) is 0 Å². The Balaban J connectivity index is 4.13. The molecule has 0 N–H and O–H groups in total. The van der Waals surface area contributed by atoms with Crippen LogP contribution >= 0.6 is 7.34 Å².